The van der Waals surface area contributed by atoms with Gasteiger partial charge in [-0.2, -0.15) is 0 Å². The van der Waals surface area contributed by atoms with Gasteiger partial charge in [0.1, 0.15) is 12.0 Å². The van der Waals surface area contributed by atoms with Gasteiger partial charge < -0.3 is 4.74 Å². The van der Waals surface area contributed by atoms with Crippen LogP contribution in [0.1, 0.15) is 17.4 Å². The normalized spacial score (nSPS) is 11.4. The lowest BCUT2D eigenvalue weighted by Gasteiger charge is -2.03. The molecule has 1 aromatic carbocycles. The molecule has 0 unspecified atom stereocenters. The zero-order valence-corrected chi connectivity index (χ0v) is 15.0. The summed E-state index contributed by atoms with van der Waals surface area (Å²) in [6.07, 6.45) is 2.39. The zero-order chi connectivity index (χ0) is 18.0. The summed E-state index contributed by atoms with van der Waals surface area (Å²) in [5.41, 5.74) is 0.750. The second-order valence-corrected chi connectivity index (χ2v) is 8.10. The van der Waals surface area contributed by atoms with Gasteiger partial charge >= 0.3 is 0 Å². The summed E-state index contributed by atoms with van der Waals surface area (Å²) in [6.45, 7) is 2.24. The highest BCUT2D eigenvalue weighted by atomic mass is 32.2. The average molecular weight is 378 g/mol. The second kappa shape index (κ2) is 6.73. The average Bonchev–Trinajstić information content (AvgIpc) is 2.96. The minimum absolute atomic E-state index is 0.148. The number of aromatic nitrogens is 3. The van der Waals surface area contributed by atoms with Crippen molar-refractivity contribution in [2.45, 2.75) is 11.8 Å². The summed E-state index contributed by atoms with van der Waals surface area (Å²) in [4.78, 5) is 24.6. The van der Waals surface area contributed by atoms with E-state index in [1.54, 1.807) is 6.07 Å². The Morgan fingerprint density at radius 2 is 2.08 bits per heavy atom. The SMILES string of the molecule is CCOc1cc(C(=O)Nc2nc3ccc(S(C)(=O)=O)cc3s2)ncn1. The van der Waals surface area contributed by atoms with Gasteiger partial charge in [-0.25, -0.2) is 23.4 Å². The summed E-state index contributed by atoms with van der Waals surface area (Å²) >= 11 is 1.18. The van der Waals surface area contributed by atoms with Gasteiger partial charge in [0.05, 0.1) is 21.7 Å². The predicted molar refractivity (Wildman–Crippen MR) is 93.9 cm³/mol. The van der Waals surface area contributed by atoms with Crippen LogP contribution in [-0.2, 0) is 9.84 Å². The highest BCUT2D eigenvalue weighted by molar-refractivity contribution is 7.90. The first-order valence-electron chi connectivity index (χ1n) is 7.23. The third kappa shape index (κ3) is 3.91. The molecule has 0 saturated carbocycles. The van der Waals surface area contributed by atoms with E-state index in [4.69, 9.17) is 4.74 Å². The minimum Gasteiger partial charge on any atom is -0.478 e. The van der Waals surface area contributed by atoms with E-state index in [2.05, 4.69) is 20.3 Å². The van der Waals surface area contributed by atoms with Crippen LogP contribution in [0.25, 0.3) is 10.2 Å². The van der Waals surface area contributed by atoms with Crippen molar-refractivity contribution in [1.82, 2.24) is 15.0 Å². The zero-order valence-electron chi connectivity index (χ0n) is 13.4. The summed E-state index contributed by atoms with van der Waals surface area (Å²) in [6, 6.07) is 6.07. The van der Waals surface area contributed by atoms with Gasteiger partial charge in [-0.15, -0.1) is 0 Å². The van der Waals surface area contributed by atoms with E-state index in [9.17, 15) is 13.2 Å². The van der Waals surface area contributed by atoms with E-state index in [0.717, 1.165) is 6.26 Å². The maximum atomic E-state index is 12.3. The van der Waals surface area contributed by atoms with Crippen LogP contribution < -0.4 is 10.1 Å². The molecule has 10 heteroatoms. The maximum Gasteiger partial charge on any atom is 0.276 e. The highest BCUT2D eigenvalue weighted by Gasteiger charge is 2.14. The van der Waals surface area contributed by atoms with E-state index < -0.39 is 15.7 Å². The fraction of sp³-hybridized carbons (Fsp3) is 0.200. The Morgan fingerprint density at radius 1 is 1.28 bits per heavy atom. The third-order valence-corrected chi connectivity index (χ3v) is 5.22. The molecule has 0 saturated heterocycles. The number of hydrogen-bond donors (Lipinski definition) is 1. The smallest absolute Gasteiger partial charge is 0.276 e. The van der Waals surface area contributed by atoms with Gasteiger partial charge in [-0.05, 0) is 25.1 Å². The molecule has 0 bridgehead atoms. The largest absolute Gasteiger partial charge is 0.478 e. The summed E-state index contributed by atoms with van der Waals surface area (Å²) in [7, 11) is -3.30. The predicted octanol–water partition coefficient (Wildman–Crippen LogP) is 2.14. The number of carbonyl (C=O) groups is 1. The second-order valence-electron chi connectivity index (χ2n) is 5.05. The molecule has 8 nitrogen and oxygen atoms in total. The molecule has 0 spiro atoms. The molecule has 0 aliphatic heterocycles. The lowest BCUT2D eigenvalue weighted by Crippen LogP contribution is -2.14. The van der Waals surface area contributed by atoms with E-state index in [1.807, 2.05) is 6.92 Å². The Kier molecular flexibility index (Phi) is 4.64. The van der Waals surface area contributed by atoms with E-state index >= 15 is 0 Å². The van der Waals surface area contributed by atoms with Crippen LogP contribution in [0.15, 0.2) is 35.5 Å². The Hall–Kier alpha value is -2.59. The molecule has 3 rings (SSSR count). The molecule has 0 fully saturated rings. The molecule has 0 radical (unpaired) electrons. The Morgan fingerprint density at radius 3 is 2.80 bits per heavy atom. The quantitative estimate of drug-likeness (QED) is 0.724. The van der Waals surface area contributed by atoms with Gasteiger partial charge in [-0.1, -0.05) is 11.3 Å². The monoisotopic (exact) mass is 378 g/mol. The van der Waals surface area contributed by atoms with Crippen LogP contribution >= 0.6 is 11.3 Å². The van der Waals surface area contributed by atoms with Gasteiger partial charge in [0.15, 0.2) is 15.0 Å². The number of rotatable bonds is 5. The lowest BCUT2D eigenvalue weighted by molar-refractivity contribution is 0.102. The Bertz CT molecular complexity index is 1050. The summed E-state index contributed by atoms with van der Waals surface area (Å²) in [5, 5.41) is 3.00. The molecule has 1 amide bonds. The number of sulfone groups is 1. The number of nitrogens with zero attached hydrogens (tertiary/aromatic N) is 3. The first kappa shape index (κ1) is 17.2. The Balaban J connectivity index is 1.85. The number of anilines is 1. The standard InChI is InChI=1S/C15H14N4O4S2/c1-3-23-13-7-11(16-8-17-13)14(20)19-15-18-10-5-4-9(25(2,21)22)6-12(10)24-15/h4-8H,3H2,1-2H3,(H,18,19,20). The van der Waals surface area contributed by atoms with Crippen LogP contribution in [0.5, 0.6) is 5.88 Å². The Labute approximate surface area is 147 Å². The first-order chi connectivity index (χ1) is 11.9. The van der Waals surface area contributed by atoms with Gasteiger partial charge in [0, 0.05) is 12.3 Å². The van der Waals surface area contributed by atoms with Crippen molar-refractivity contribution < 1.29 is 17.9 Å². The number of ether oxygens (including phenoxy) is 1. The maximum absolute atomic E-state index is 12.3. The van der Waals surface area contributed by atoms with Gasteiger partial charge in [-0.3, -0.25) is 10.1 Å². The molecular formula is C15H14N4O4S2. The van der Waals surface area contributed by atoms with Crippen LogP contribution in [0.3, 0.4) is 0 Å². The molecule has 25 heavy (non-hydrogen) atoms. The molecule has 0 atom stereocenters. The molecule has 130 valence electrons. The van der Waals surface area contributed by atoms with Crippen molar-refractivity contribution in [1.29, 1.82) is 0 Å². The first-order valence-corrected chi connectivity index (χ1v) is 9.94. The highest BCUT2D eigenvalue weighted by Crippen LogP contribution is 2.28. The van der Waals surface area contributed by atoms with E-state index in [0.29, 0.717) is 27.8 Å². The fourth-order valence-corrected chi connectivity index (χ4v) is 3.66. The lowest BCUT2D eigenvalue weighted by atomic mass is 10.3. The number of fused-ring (bicyclic) bond motifs is 1. The molecule has 0 aliphatic carbocycles. The van der Waals surface area contributed by atoms with Crippen LogP contribution in [0, 0.1) is 0 Å². The fourth-order valence-electron chi connectivity index (χ4n) is 2.04. The molecular weight excluding hydrogens is 364 g/mol. The molecule has 2 aromatic heterocycles. The molecule has 0 aliphatic rings. The number of thiazole rings is 1. The van der Waals surface area contributed by atoms with Gasteiger partial charge in [0.2, 0.25) is 5.88 Å². The number of benzene rings is 1. The van der Waals surface area contributed by atoms with Crippen LogP contribution in [-0.4, -0.2) is 42.1 Å². The van der Waals surface area contributed by atoms with Crippen LogP contribution in [0.2, 0.25) is 0 Å². The molecule has 1 N–H and O–H groups in total. The van der Waals surface area contributed by atoms with E-state index in [1.165, 1.54) is 35.9 Å². The van der Waals surface area contributed by atoms with Crippen LogP contribution in [0.4, 0.5) is 5.13 Å². The number of nitrogens with one attached hydrogen (secondary N) is 1. The van der Waals surface area contributed by atoms with Gasteiger partial charge in [0.25, 0.3) is 5.91 Å². The van der Waals surface area contributed by atoms with E-state index in [-0.39, 0.29) is 10.6 Å². The topological polar surface area (TPSA) is 111 Å². The van der Waals surface area contributed by atoms with Crippen molar-refractivity contribution in [3.05, 3.63) is 36.3 Å². The van der Waals surface area contributed by atoms with Crippen molar-refractivity contribution in [3.8, 4) is 5.88 Å². The van der Waals surface area contributed by atoms with Crippen molar-refractivity contribution in [2.75, 3.05) is 18.2 Å². The molecule has 2 heterocycles. The summed E-state index contributed by atoms with van der Waals surface area (Å²) < 4.78 is 29.1. The number of amides is 1. The summed E-state index contributed by atoms with van der Waals surface area (Å²) in [5.74, 6) is -0.143. The number of carbonyl (C=O) groups excluding carboxylic acids is 1. The minimum atomic E-state index is -3.30. The van der Waals surface area contributed by atoms with Crippen molar-refractivity contribution in [2.24, 2.45) is 0 Å². The molecule has 3 aromatic rings. The number of hydrogen-bond acceptors (Lipinski definition) is 8. The van der Waals surface area contributed by atoms with Crippen molar-refractivity contribution >= 4 is 42.4 Å². The van der Waals surface area contributed by atoms with Crippen molar-refractivity contribution in [3.63, 3.8) is 0 Å². The third-order valence-electron chi connectivity index (χ3n) is 3.18.